The molecule has 1 saturated heterocycles. The van der Waals surface area contributed by atoms with Crippen molar-refractivity contribution in [1.82, 2.24) is 20.1 Å². The molecule has 3 heterocycles. The highest BCUT2D eigenvalue weighted by atomic mass is 32.2. The predicted octanol–water partition coefficient (Wildman–Crippen LogP) is 4.59. The average Bonchev–Trinajstić information content (AvgIpc) is 3.58. The Morgan fingerprint density at radius 1 is 1.20 bits per heavy atom. The van der Waals surface area contributed by atoms with Gasteiger partial charge in [-0.1, -0.05) is 12.1 Å². The molecule has 1 unspecified atom stereocenters. The summed E-state index contributed by atoms with van der Waals surface area (Å²) in [5.74, 6) is -0.449. The minimum absolute atomic E-state index is 0.00758. The van der Waals surface area contributed by atoms with Gasteiger partial charge in [0.15, 0.2) is 9.84 Å². The minimum Gasteiger partial charge on any atom is -0.320 e. The van der Waals surface area contributed by atoms with Crippen LogP contribution in [-0.2, 0) is 36.2 Å². The third-order valence-electron chi connectivity index (χ3n) is 8.89. The van der Waals surface area contributed by atoms with Gasteiger partial charge in [0.05, 0.1) is 23.6 Å². The number of rotatable bonds is 7. The topological polar surface area (TPSA) is 97.2 Å². The number of amides is 1. The highest BCUT2D eigenvalue weighted by molar-refractivity contribution is 7.91. The van der Waals surface area contributed by atoms with E-state index in [1.165, 1.54) is 4.90 Å². The Morgan fingerprint density at radius 3 is 2.59 bits per heavy atom. The Balaban J connectivity index is 1.34. The lowest BCUT2D eigenvalue weighted by atomic mass is 9.78. The van der Waals surface area contributed by atoms with Gasteiger partial charge in [0.2, 0.25) is 0 Å². The monoisotopic (exact) mass is 587 g/mol. The first-order valence-electron chi connectivity index (χ1n) is 13.8. The maximum atomic E-state index is 14.2. The van der Waals surface area contributed by atoms with Gasteiger partial charge in [-0.3, -0.25) is 4.79 Å². The number of nitrogens with one attached hydrogen (secondary N) is 1. The molecule has 1 saturated carbocycles. The van der Waals surface area contributed by atoms with E-state index in [-0.39, 0.29) is 47.2 Å². The molecule has 0 spiro atoms. The van der Waals surface area contributed by atoms with Gasteiger partial charge >= 0.3 is 6.18 Å². The summed E-state index contributed by atoms with van der Waals surface area (Å²) in [6.45, 7) is 2.10. The zero-order chi connectivity index (χ0) is 29.2. The number of alkyl halides is 3. The lowest BCUT2D eigenvalue weighted by molar-refractivity contribution is -0.138. The van der Waals surface area contributed by atoms with E-state index in [1.54, 1.807) is 42.2 Å². The normalized spacial score (nSPS) is 22.0. The largest absolute Gasteiger partial charge is 0.416 e. The molecule has 218 valence electrons. The van der Waals surface area contributed by atoms with Gasteiger partial charge in [-0.25, -0.2) is 8.42 Å². The number of fused-ring (bicyclic) bond motifs is 1. The van der Waals surface area contributed by atoms with E-state index in [0.29, 0.717) is 23.5 Å². The Kier molecular flexibility index (Phi) is 6.76. The number of hydrogen-bond donors (Lipinski definition) is 1. The van der Waals surface area contributed by atoms with Gasteiger partial charge in [0, 0.05) is 36.3 Å². The second-order valence-corrected chi connectivity index (χ2v) is 14.1. The lowest BCUT2D eigenvalue weighted by Crippen LogP contribution is -2.47. The SMILES string of the molecule is Cn1cnnc1[C@@H](c1cccc(N2Cc3c(cc(CNC4(C)CCC4)cc3C(F)(F)F)C2=O)c1)C1CCS(=O)(=O)C1. The number of carbonyl (C=O) groups excluding carboxylic acids is 1. The quantitative estimate of drug-likeness (QED) is 0.434. The number of benzene rings is 2. The summed E-state index contributed by atoms with van der Waals surface area (Å²) in [5, 5.41) is 11.6. The second kappa shape index (κ2) is 9.94. The van der Waals surface area contributed by atoms with E-state index in [0.717, 1.165) is 30.9 Å². The molecule has 0 radical (unpaired) electrons. The first kappa shape index (κ1) is 27.9. The van der Waals surface area contributed by atoms with E-state index in [9.17, 15) is 26.4 Å². The lowest BCUT2D eigenvalue weighted by Gasteiger charge is -2.39. The van der Waals surface area contributed by atoms with Gasteiger partial charge in [0.1, 0.15) is 12.2 Å². The first-order chi connectivity index (χ1) is 19.3. The van der Waals surface area contributed by atoms with E-state index in [4.69, 9.17) is 0 Å². The number of anilines is 1. The molecular weight excluding hydrogens is 555 g/mol. The summed E-state index contributed by atoms with van der Waals surface area (Å²) in [6.07, 6.45) is 0.422. The third-order valence-corrected chi connectivity index (χ3v) is 10.7. The van der Waals surface area contributed by atoms with Crippen LogP contribution in [0.3, 0.4) is 0 Å². The molecule has 12 heteroatoms. The molecule has 2 fully saturated rings. The molecule has 1 amide bonds. The summed E-state index contributed by atoms with van der Waals surface area (Å²) in [5.41, 5.74) is 0.770. The maximum Gasteiger partial charge on any atom is 0.416 e. The number of halogens is 3. The minimum atomic E-state index is -4.61. The predicted molar refractivity (Wildman–Crippen MR) is 147 cm³/mol. The Morgan fingerprint density at radius 2 is 1.98 bits per heavy atom. The highest BCUT2D eigenvalue weighted by Gasteiger charge is 2.42. The van der Waals surface area contributed by atoms with Crippen LogP contribution in [0.4, 0.5) is 18.9 Å². The Labute approximate surface area is 236 Å². The van der Waals surface area contributed by atoms with Gasteiger partial charge in [-0.05, 0) is 79.5 Å². The standard InChI is InChI=1S/C29H32F3N5O3S/c1-28(8-4-9-28)33-14-18-11-22-23(24(12-18)29(30,31)32)15-37(27(22)38)21-6-3-5-19(13-21)25(26-35-34-17-36(26)2)20-7-10-41(39,40)16-20/h3,5-6,11-13,17,20,25,33H,4,7-10,14-16H2,1-2H3/t20?,25-/m0/s1. The summed E-state index contributed by atoms with van der Waals surface area (Å²) < 4.78 is 69.1. The van der Waals surface area contributed by atoms with Crippen molar-refractivity contribution in [2.45, 2.75) is 63.3 Å². The first-order valence-corrected chi connectivity index (χ1v) is 15.6. The zero-order valence-corrected chi connectivity index (χ0v) is 23.7. The van der Waals surface area contributed by atoms with Crippen molar-refractivity contribution in [1.29, 1.82) is 0 Å². The molecule has 3 aliphatic rings. The molecule has 1 aromatic heterocycles. The zero-order valence-electron chi connectivity index (χ0n) is 22.9. The molecule has 41 heavy (non-hydrogen) atoms. The highest BCUT2D eigenvalue weighted by Crippen LogP contribution is 2.42. The van der Waals surface area contributed by atoms with E-state index >= 15 is 0 Å². The summed E-state index contributed by atoms with van der Waals surface area (Å²) in [6, 6.07) is 9.78. The van der Waals surface area contributed by atoms with Gasteiger partial charge in [0.25, 0.3) is 5.91 Å². The molecule has 1 aliphatic carbocycles. The Bertz CT molecular complexity index is 1610. The van der Waals surface area contributed by atoms with Crippen LogP contribution >= 0.6 is 0 Å². The van der Waals surface area contributed by atoms with Crippen molar-refractivity contribution in [3.8, 4) is 0 Å². The van der Waals surface area contributed by atoms with E-state index in [1.807, 2.05) is 6.07 Å². The number of carbonyl (C=O) groups is 1. The number of aryl methyl sites for hydroxylation is 1. The fourth-order valence-electron chi connectivity index (χ4n) is 6.41. The molecule has 1 N–H and O–H groups in total. The van der Waals surface area contributed by atoms with Gasteiger partial charge in [-0.15, -0.1) is 10.2 Å². The van der Waals surface area contributed by atoms with Crippen molar-refractivity contribution in [3.05, 3.63) is 76.4 Å². The van der Waals surface area contributed by atoms with Crippen LogP contribution in [0.15, 0.2) is 42.7 Å². The van der Waals surface area contributed by atoms with Crippen LogP contribution in [0.25, 0.3) is 0 Å². The molecule has 2 aliphatic heterocycles. The van der Waals surface area contributed by atoms with E-state index in [2.05, 4.69) is 22.4 Å². The van der Waals surface area contributed by atoms with Crippen LogP contribution in [0, 0.1) is 5.92 Å². The molecule has 3 aromatic rings. The number of hydrogen-bond acceptors (Lipinski definition) is 6. The van der Waals surface area contributed by atoms with Crippen LogP contribution in [0.1, 0.15) is 77.0 Å². The molecule has 2 atom stereocenters. The molecular formula is C29H32F3N5O3S. The van der Waals surface area contributed by atoms with Crippen LogP contribution in [-0.4, -0.2) is 46.1 Å². The summed E-state index contributed by atoms with van der Waals surface area (Å²) in [4.78, 5) is 15.0. The fourth-order valence-corrected chi connectivity index (χ4v) is 8.25. The average molecular weight is 588 g/mol. The molecule has 8 nitrogen and oxygen atoms in total. The van der Waals surface area contributed by atoms with Crippen molar-refractivity contribution in [2.24, 2.45) is 13.0 Å². The van der Waals surface area contributed by atoms with E-state index < -0.39 is 33.4 Å². The molecule has 6 rings (SSSR count). The van der Waals surface area contributed by atoms with Crippen LogP contribution < -0.4 is 10.2 Å². The van der Waals surface area contributed by atoms with Crippen LogP contribution in [0.5, 0.6) is 0 Å². The third kappa shape index (κ3) is 5.27. The number of nitrogens with zero attached hydrogens (tertiary/aromatic N) is 4. The van der Waals surface area contributed by atoms with Crippen molar-refractivity contribution < 1.29 is 26.4 Å². The number of aromatic nitrogens is 3. The van der Waals surface area contributed by atoms with Gasteiger partial charge in [-0.2, -0.15) is 13.2 Å². The molecule has 2 aromatic carbocycles. The maximum absolute atomic E-state index is 14.2. The summed E-state index contributed by atoms with van der Waals surface area (Å²) in [7, 11) is -1.41. The smallest absolute Gasteiger partial charge is 0.320 e. The fraction of sp³-hybridized carbons (Fsp3) is 0.483. The molecule has 0 bridgehead atoms. The van der Waals surface area contributed by atoms with Crippen molar-refractivity contribution in [2.75, 3.05) is 16.4 Å². The number of sulfone groups is 1. The van der Waals surface area contributed by atoms with Crippen molar-refractivity contribution in [3.63, 3.8) is 0 Å². The second-order valence-electron chi connectivity index (χ2n) is 11.9. The van der Waals surface area contributed by atoms with Gasteiger partial charge < -0.3 is 14.8 Å². The summed E-state index contributed by atoms with van der Waals surface area (Å²) >= 11 is 0. The Hall–Kier alpha value is -3.25. The van der Waals surface area contributed by atoms with Crippen molar-refractivity contribution >= 4 is 21.4 Å². The van der Waals surface area contributed by atoms with Crippen LogP contribution in [0.2, 0.25) is 0 Å².